The molecule has 0 aliphatic carbocycles. The molecule has 0 bridgehead atoms. The van der Waals surface area contributed by atoms with Crippen LogP contribution in [-0.4, -0.2) is 14.8 Å². The SMILES string of the molecule is Cc1ccc(Cl)c(-n2c(-c3ccccc3)n[nH]c2=S)c1. The van der Waals surface area contributed by atoms with Crippen molar-refractivity contribution >= 4 is 23.8 Å². The zero-order chi connectivity index (χ0) is 14.1. The molecular weight excluding hydrogens is 290 g/mol. The Kier molecular flexibility index (Phi) is 3.42. The van der Waals surface area contributed by atoms with E-state index >= 15 is 0 Å². The molecule has 0 unspecified atom stereocenters. The number of aryl methyl sites for hydroxylation is 1. The van der Waals surface area contributed by atoms with E-state index in [1.54, 1.807) is 0 Å². The second-order valence-corrected chi connectivity index (χ2v) is 5.30. The lowest BCUT2D eigenvalue weighted by Crippen LogP contribution is -1.99. The number of rotatable bonds is 2. The number of hydrogen-bond acceptors (Lipinski definition) is 2. The van der Waals surface area contributed by atoms with Crippen LogP contribution in [0.2, 0.25) is 5.02 Å². The van der Waals surface area contributed by atoms with E-state index in [0.717, 1.165) is 22.6 Å². The quantitative estimate of drug-likeness (QED) is 0.704. The average molecular weight is 302 g/mol. The smallest absolute Gasteiger partial charge is 0.200 e. The number of H-pyrrole nitrogens is 1. The van der Waals surface area contributed by atoms with Crippen LogP contribution in [0.3, 0.4) is 0 Å². The molecule has 1 heterocycles. The number of halogens is 1. The second-order valence-electron chi connectivity index (χ2n) is 4.51. The Morgan fingerprint density at radius 3 is 2.65 bits per heavy atom. The minimum Gasteiger partial charge on any atom is -0.267 e. The topological polar surface area (TPSA) is 33.6 Å². The highest BCUT2D eigenvalue weighted by molar-refractivity contribution is 7.71. The maximum atomic E-state index is 6.31. The van der Waals surface area contributed by atoms with Gasteiger partial charge < -0.3 is 0 Å². The molecule has 2 aromatic carbocycles. The fourth-order valence-corrected chi connectivity index (χ4v) is 2.53. The molecule has 0 saturated carbocycles. The Hall–Kier alpha value is -1.91. The van der Waals surface area contributed by atoms with Crippen LogP contribution in [0.4, 0.5) is 0 Å². The van der Waals surface area contributed by atoms with Gasteiger partial charge in [0.15, 0.2) is 10.6 Å². The predicted octanol–water partition coefficient (Wildman–Crippen LogP) is 4.56. The van der Waals surface area contributed by atoms with Crippen molar-refractivity contribution < 1.29 is 0 Å². The summed E-state index contributed by atoms with van der Waals surface area (Å²) in [5, 5.41) is 7.80. The van der Waals surface area contributed by atoms with Crippen LogP contribution in [0.1, 0.15) is 5.56 Å². The Labute approximate surface area is 126 Å². The van der Waals surface area contributed by atoms with Crippen molar-refractivity contribution in [2.45, 2.75) is 6.92 Å². The van der Waals surface area contributed by atoms with Gasteiger partial charge in [0, 0.05) is 5.56 Å². The third-order valence-electron chi connectivity index (χ3n) is 3.05. The molecule has 3 nitrogen and oxygen atoms in total. The molecular formula is C15H12ClN3S. The molecule has 0 radical (unpaired) electrons. The molecule has 0 atom stereocenters. The first-order valence-corrected chi connectivity index (χ1v) is 6.95. The van der Waals surface area contributed by atoms with Crippen molar-refractivity contribution in [2.24, 2.45) is 0 Å². The predicted molar refractivity (Wildman–Crippen MR) is 83.9 cm³/mol. The van der Waals surface area contributed by atoms with E-state index in [9.17, 15) is 0 Å². The number of aromatic nitrogens is 3. The largest absolute Gasteiger partial charge is 0.267 e. The first kappa shape index (κ1) is 13.1. The second kappa shape index (κ2) is 5.23. The summed E-state index contributed by atoms with van der Waals surface area (Å²) < 4.78 is 2.39. The summed E-state index contributed by atoms with van der Waals surface area (Å²) in [5.41, 5.74) is 2.94. The molecule has 0 aliphatic rings. The highest BCUT2D eigenvalue weighted by atomic mass is 35.5. The van der Waals surface area contributed by atoms with E-state index in [0.29, 0.717) is 9.79 Å². The molecule has 5 heteroatoms. The van der Waals surface area contributed by atoms with Gasteiger partial charge in [-0.2, -0.15) is 5.10 Å². The maximum absolute atomic E-state index is 6.31. The summed E-state index contributed by atoms with van der Waals surface area (Å²) in [4.78, 5) is 0. The molecule has 1 aromatic heterocycles. The van der Waals surface area contributed by atoms with E-state index in [4.69, 9.17) is 23.8 Å². The highest BCUT2D eigenvalue weighted by Crippen LogP contribution is 2.27. The summed E-state index contributed by atoms with van der Waals surface area (Å²) in [6.07, 6.45) is 0. The van der Waals surface area contributed by atoms with Crippen LogP contribution in [0.15, 0.2) is 48.5 Å². The molecule has 1 N–H and O–H groups in total. The Morgan fingerprint density at radius 1 is 1.15 bits per heavy atom. The molecule has 0 aliphatic heterocycles. The fourth-order valence-electron chi connectivity index (χ4n) is 2.10. The zero-order valence-electron chi connectivity index (χ0n) is 10.8. The molecule has 3 aromatic rings. The van der Waals surface area contributed by atoms with Crippen LogP contribution in [0.25, 0.3) is 17.1 Å². The number of benzene rings is 2. The third kappa shape index (κ3) is 2.28. The molecule has 0 spiro atoms. The van der Waals surface area contributed by atoms with E-state index in [-0.39, 0.29) is 0 Å². The van der Waals surface area contributed by atoms with Crippen molar-refractivity contribution in [1.82, 2.24) is 14.8 Å². The van der Waals surface area contributed by atoms with Crippen molar-refractivity contribution in [3.05, 3.63) is 63.9 Å². The lowest BCUT2D eigenvalue weighted by molar-refractivity contribution is 1.03. The monoisotopic (exact) mass is 301 g/mol. The molecule has 100 valence electrons. The van der Waals surface area contributed by atoms with Gasteiger partial charge in [-0.3, -0.25) is 9.67 Å². The van der Waals surface area contributed by atoms with Gasteiger partial charge in [0.2, 0.25) is 0 Å². The fraction of sp³-hybridized carbons (Fsp3) is 0.0667. The normalized spacial score (nSPS) is 10.7. The standard InChI is InChI=1S/C15H12ClN3S/c1-10-7-8-12(16)13(9-10)19-14(17-18-15(19)20)11-5-3-2-4-6-11/h2-9H,1H3,(H,18,20). The van der Waals surface area contributed by atoms with Gasteiger partial charge in [-0.15, -0.1) is 0 Å². The van der Waals surface area contributed by atoms with Gasteiger partial charge >= 0.3 is 0 Å². The highest BCUT2D eigenvalue weighted by Gasteiger charge is 2.13. The van der Waals surface area contributed by atoms with E-state index in [1.165, 1.54) is 0 Å². The number of nitrogens with one attached hydrogen (secondary N) is 1. The van der Waals surface area contributed by atoms with Crippen LogP contribution in [0.5, 0.6) is 0 Å². The average Bonchev–Trinajstić information content (AvgIpc) is 2.84. The Bertz CT molecular complexity index is 805. The minimum absolute atomic E-state index is 0.524. The van der Waals surface area contributed by atoms with Gasteiger partial charge in [-0.1, -0.05) is 48.0 Å². The van der Waals surface area contributed by atoms with Gasteiger partial charge in [0.25, 0.3) is 0 Å². The van der Waals surface area contributed by atoms with Crippen molar-refractivity contribution in [3.63, 3.8) is 0 Å². The van der Waals surface area contributed by atoms with Crippen LogP contribution in [-0.2, 0) is 0 Å². The van der Waals surface area contributed by atoms with E-state index < -0.39 is 0 Å². The van der Waals surface area contributed by atoms with E-state index in [2.05, 4.69) is 10.2 Å². The van der Waals surface area contributed by atoms with Crippen LogP contribution < -0.4 is 0 Å². The summed E-state index contributed by atoms with van der Waals surface area (Å²) in [6, 6.07) is 15.7. The van der Waals surface area contributed by atoms with Gasteiger partial charge in [-0.05, 0) is 36.8 Å². The zero-order valence-corrected chi connectivity index (χ0v) is 12.4. The third-order valence-corrected chi connectivity index (χ3v) is 3.64. The molecule has 0 amide bonds. The summed E-state index contributed by atoms with van der Waals surface area (Å²) in [6.45, 7) is 2.02. The number of aromatic amines is 1. The summed E-state index contributed by atoms with van der Waals surface area (Å²) in [7, 11) is 0. The van der Waals surface area contributed by atoms with Gasteiger partial charge in [0.05, 0.1) is 10.7 Å². The lowest BCUT2D eigenvalue weighted by Gasteiger charge is -2.09. The van der Waals surface area contributed by atoms with Crippen LogP contribution >= 0.6 is 23.8 Å². The first-order chi connectivity index (χ1) is 9.66. The lowest BCUT2D eigenvalue weighted by atomic mass is 10.2. The summed E-state index contributed by atoms with van der Waals surface area (Å²) >= 11 is 11.7. The minimum atomic E-state index is 0.524. The van der Waals surface area contributed by atoms with Crippen LogP contribution in [0, 0.1) is 11.7 Å². The molecule has 3 rings (SSSR count). The molecule has 0 saturated heterocycles. The maximum Gasteiger partial charge on any atom is 0.200 e. The van der Waals surface area contributed by atoms with E-state index in [1.807, 2.05) is 60.0 Å². The number of hydrogen-bond donors (Lipinski definition) is 1. The van der Waals surface area contributed by atoms with Gasteiger partial charge in [0.1, 0.15) is 0 Å². The summed E-state index contributed by atoms with van der Waals surface area (Å²) in [5.74, 6) is 0.753. The van der Waals surface area contributed by atoms with Crippen molar-refractivity contribution in [3.8, 4) is 17.1 Å². The van der Waals surface area contributed by atoms with Crippen molar-refractivity contribution in [2.75, 3.05) is 0 Å². The Morgan fingerprint density at radius 2 is 1.90 bits per heavy atom. The van der Waals surface area contributed by atoms with Gasteiger partial charge in [-0.25, -0.2) is 0 Å². The molecule has 0 fully saturated rings. The number of nitrogens with zero attached hydrogens (tertiary/aromatic N) is 2. The molecule has 20 heavy (non-hydrogen) atoms. The first-order valence-electron chi connectivity index (χ1n) is 6.16. The van der Waals surface area contributed by atoms with Crippen molar-refractivity contribution in [1.29, 1.82) is 0 Å². The Balaban J connectivity index is 2.27.